The lowest BCUT2D eigenvalue weighted by Crippen LogP contribution is -2.12. The Hall–Kier alpha value is -3.09. The van der Waals surface area contributed by atoms with Crippen molar-refractivity contribution < 1.29 is 23.9 Å². The summed E-state index contributed by atoms with van der Waals surface area (Å²) >= 11 is 0. The number of ether oxygens (including phenoxy) is 3. The van der Waals surface area contributed by atoms with E-state index in [1.165, 1.54) is 25.3 Å². The van der Waals surface area contributed by atoms with Crippen molar-refractivity contribution >= 4 is 11.5 Å². The summed E-state index contributed by atoms with van der Waals surface area (Å²) in [4.78, 5) is 22.5. The number of hydrogen-bond donors (Lipinski definition) is 0. The second-order valence-electron chi connectivity index (χ2n) is 4.76. The number of hydrogen-bond acceptors (Lipinski definition) is 6. The summed E-state index contributed by atoms with van der Waals surface area (Å²) < 4.78 is 15.8. The molecule has 0 heterocycles. The number of nitro groups is 1. The van der Waals surface area contributed by atoms with Gasteiger partial charge in [0.25, 0.3) is 5.69 Å². The van der Waals surface area contributed by atoms with Crippen LogP contribution in [0, 0.1) is 10.1 Å². The predicted molar refractivity (Wildman–Crippen MR) is 87.1 cm³/mol. The molecule has 7 nitrogen and oxygen atoms in total. The van der Waals surface area contributed by atoms with E-state index in [0.29, 0.717) is 23.7 Å². The maximum Gasteiger partial charge on any atom is 0.273 e. The number of nitrogens with zero attached hydrogens (tertiary/aromatic N) is 1. The molecular weight excluding hydrogens is 314 g/mol. The fourth-order valence-electron chi connectivity index (χ4n) is 2.02. The molecule has 7 heteroatoms. The molecule has 0 unspecified atom stereocenters. The number of methoxy groups -OCH3 is 1. The zero-order chi connectivity index (χ0) is 17.5. The fraction of sp³-hybridized carbons (Fsp3) is 0.235. The van der Waals surface area contributed by atoms with Gasteiger partial charge in [-0.15, -0.1) is 0 Å². The van der Waals surface area contributed by atoms with Crippen molar-refractivity contribution in [2.24, 2.45) is 0 Å². The molecular formula is C17H17NO6. The molecule has 0 bridgehead atoms. The number of benzene rings is 2. The second kappa shape index (κ2) is 7.96. The van der Waals surface area contributed by atoms with E-state index in [-0.39, 0.29) is 23.8 Å². The van der Waals surface area contributed by atoms with Crippen molar-refractivity contribution in [3.8, 4) is 17.2 Å². The maximum absolute atomic E-state index is 12.2. The Balaban J connectivity index is 2.07. The molecule has 0 spiro atoms. The highest BCUT2D eigenvalue weighted by molar-refractivity contribution is 5.97. The number of rotatable bonds is 8. The van der Waals surface area contributed by atoms with E-state index in [1.807, 2.05) is 6.92 Å². The van der Waals surface area contributed by atoms with Gasteiger partial charge in [0.15, 0.2) is 23.9 Å². The Labute approximate surface area is 138 Å². The summed E-state index contributed by atoms with van der Waals surface area (Å²) in [6.07, 6.45) is 0. The van der Waals surface area contributed by atoms with E-state index in [9.17, 15) is 14.9 Å². The molecule has 24 heavy (non-hydrogen) atoms. The van der Waals surface area contributed by atoms with Crippen molar-refractivity contribution in [1.82, 2.24) is 0 Å². The first-order valence-corrected chi connectivity index (χ1v) is 7.26. The van der Waals surface area contributed by atoms with Crippen LogP contribution in [0.25, 0.3) is 0 Å². The molecule has 0 amide bonds. The number of nitro benzene ring substituents is 1. The standard InChI is InChI=1S/C17H17NO6/c1-3-23-14-7-4-12(5-8-14)15(19)11-24-17-10-13(18(20)21)6-9-16(17)22-2/h4-10H,3,11H2,1-2H3. The number of non-ortho nitro benzene ring substituents is 1. The van der Waals surface area contributed by atoms with Crippen molar-refractivity contribution in [3.05, 3.63) is 58.1 Å². The number of carbonyl (C=O) groups excluding carboxylic acids is 1. The van der Waals surface area contributed by atoms with E-state index in [4.69, 9.17) is 14.2 Å². The molecule has 0 aromatic heterocycles. The lowest BCUT2D eigenvalue weighted by molar-refractivity contribution is -0.385. The molecule has 2 aromatic carbocycles. The van der Waals surface area contributed by atoms with Crippen LogP contribution in [0.5, 0.6) is 17.2 Å². The van der Waals surface area contributed by atoms with E-state index in [2.05, 4.69) is 0 Å². The van der Waals surface area contributed by atoms with Crippen LogP contribution in [-0.4, -0.2) is 31.0 Å². The molecule has 2 aromatic rings. The summed E-state index contributed by atoms with van der Waals surface area (Å²) in [6.45, 7) is 2.16. The van der Waals surface area contributed by atoms with Crippen molar-refractivity contribution in [3.63, 3.8) is 0 Å². The molecule has 126 valence electrons. The first-order chi connectivity index (χ1) is 11.5. The third-order valence-electron chi connectivity index (χ3n) is 3.20. The third kappa shape index (κ3) is 4.22. The second-order valence-corrected chi connectivity index (χ2v) is 4.76. The smallest absolute Gasteiger partial charge is 0.273 e. The molecule has 0 atom stereocenters. The average Bonchev–Trinajstić information content (AvgIpc) is 2.60. The van der Waals surface area contributed by atoms with Crippen molar-refractivity contribution in [1.29, 1.82) is 0 Å². The van der Waals surface area contributed by atoms with Crippen LogP contribution in [0.4, 0.5) is 5.69 Å². The quantitative estimate of drug-likeness (QED) is 0.419. The molecule has 0 aliphatic heterocycles. The van der Waals surface area contributed by atoms with Crippen LogP contribution in [0.15, 0.2) is 42.5 Å². The molecule has 0 aliphatic carbocycles. The monoisotopic (exact) mass is 331 g/mol. The molecule has 0 fully saturated rings. The van der Waals surface area contributed by atoms with Crippen molar-refractivity contribution in [2.45, 2.75) is 6.92 Å². The third-order valence-corrected chi connectivity index (χ3v) is 3.20. The minimum absolute atomic E-state index is 0.140. The molecule has 2 rings (SSSR count). The molecule has 0 saturated carbocycles. The van der Waals surface area contributed by atoms with Crippen LogP contribution in [0.1, 0.15) is 17.3 Å². The molecule has 0 saturated heterocycles. The first kappa shape index (κ1) is 17.3. The Morgan fingerprint density at radius 3 is 2.38 bits per heavy atom. The Morgan fingerprint density at radius 1 is 1.08 bits per heavy atom. The SMILES string of the molecule is CCOc1ccc(C(=O)COc2cc([N+](=O)[O-])ccc2OC)cc1. The Morgan fingerprint density at radius 2 is 1.79 bits per heavy atom. The summed E-state index contributed by atoms with van der Waals surface area (Å²) in [5.41, 5.74) is 0.321. The van der Waals surface area contributed by atoms with Crippen molar-refractivity contribution in [2.75, 3.05) is 20.3 Å². The molecule has 0 N–H and O–H groups in total. The highest BCUT2D eigenvalue weighted by Gasteiger charge is 2.14. The molecule has 0 aliphatic rings. The Bertz CT molecular complexity index is 726. The normalized spacial score (nSPS) is 10.1. The van der Waals surface area contributed by atoms with E-state index in [0.717, 1.165) is 0 Å². The van der Waals surface area contributed by atoms with Gasteiger partial charge in [-0.05, 0) is 37.3 Å². The fourth-order valence-corrected chi connectivity index (χ4v) is 2.02. The molecule has 0 radical (unpaired) electrons. The highest BCUT2D eigenvalue weighted by Crippen LogP contribution is 2.31. The summed E-state index contributed by atoms with van der Waals surface area (Å²) in [6, 6.07) is 10.6. The van der Waals surface area contributed by atoms with Crippen LogP contribution in [0.3, 0.4) is 0 Å². The lowest BCUT2D eigenvalue weighted by atomic mass is 10.1. The van der Waals surface area contributed by atoms with Gasteiger partial charge in [0, 0.05) is 11.6 Å². The summed E-state index contributed by atoms with van der Waals surface area (Å²) in [7, 11) is 1.42. The zero-order valence-corrected chi connectivity index (χ0v) is 13.4. The minimum atomic E-state index is -0.541. The van der Waals surface area contributed by atoms with Crippen LogP contribution >= 0.6 is 0 Å². The average molecular weight is 331 g/mol. The van der Waals surface area contributed by atoms with Gasteiger partial charge in [-0.3, -0.25) is 14.9 Å². The number of carbonyl (C=O) groups is 1. The van der Waals surface area contributed by atoms with E-state index >= 15 is 0 Å². The predicted octanol–water partition coefficient (Wildman–Crippen LogP) is 3.26. The van der Waals surface area contributed by atoms with Gasteiger partial charge in [0.2, 0.25) is 0 Å². The van der Waals surface area contributed by atoms with Crippen LogP contribution in [-0.2, 0) is 0 Å². The first-order valence-electron chi connectivity index (χ1n) is 7.26. The van der Waals surface area contributed by atoms with Gasteiger partial charge in [-0.1, -0.05) is 0 Å². The topological polar surface area (TPSA) is 87.9 Å². The highest BCUT2D eigenvalue weighted by atomic mass is 16.6. The van der Waals surface area contributed by atoms with Gasteiger partial charge in [-0.25, -0.2) is 0 Å². The van der Waals surface area contributed by atoms with E-state index < -0.39 is 4.92 Å². The number of Topliss-reactive ketones (excluding diaryl/α,β-unsaturated/α-hetero) is 1. The van der Waals surface area contributed by atoms with Crippen LogP contribution < -0.4 is 14.2 Å². The van der Waals surface area contributed by atoms with E-state index in [1.54, 1.807) is 24.3 Å². The van der Waals surface area contributed by atoms with Gasteiger partial charge >= 0.3 is 0 Å². The van der Waals surface area contributed by atoms with Gasteiger partial charge in [-0.2, -0.15) is 0 Å². The van der Waals surface area contributed by atoms with Crippen LogP contribution in [0.2, 0.25) is 0 Å². The maximum atomic E-state index is 12.2. The van der Waals surface area contributed by atoms with Gasteiger partial charge in [0.1, 0.15) is 5.75 Å². The zero-order valence-electron chi connectivity index (χ0n) is 13.4. The number of ketones is 1. The lowest BCUT2D eigenvalue weighted by Gasteiger charge is -2.10. The summed E-state index contributed by atoms with van der Waals surface area (Å²) in [5.74, 6) is 0.882. The Kier molecular flexibility index (Phi) is 5.73. The minimum Gasteiger partial charge on any atom is -0.494 e. The van der Waals surface area contributed by atoms with Gasteiger partial charge in [0.05, 0.1) is 24.7 Å². The summed E-state index contributed by atoms with van der Waals surface area (Å²) in [5, 5.41) is 10.8. The van der Waals surface area contributed by atoms with Gasteiger partial charge < -0.3 is 14.2 Å². The largest absolute Gasteiger partial charge is 0.494 e.